The number of benzene rings is 2. The second kappa shape index (κ2) is 9.17. The number of carbonyl (C=O) groups is 3. The summed E-state index contributed by atoms with van der Waals surface area (Å²) < 4.78 is 5.23. The second-order valence-corrected chi connectivity index (χ2v) is 7.84. The first-order valence-corrected chi connectivity index (χ1v) is 10.0. The van der Waals surface area contributed by atoms with E-state index in [0.29, 0.717) is 34.3 Å². The molecular weight excluding hydrogens is 406 g/mol. The fraction of sp³-hybridized carbons (Fsp3) is 0.318. The number of nitrogens with zero attached hydrogens (tertiary/aromatic N) is 1. The average Bonchev–Trinajstić information content (AvgIpc) is 3.11. The van der Waals surface area contributed by atoms with Crippen LogP contribution < -0.4 is 15.4 Å². The maximum Gasteiger partial charge on any atom is 0.255 e. The summed E-state index contributed by atoms with van der Waals surface area (Å²) in [7, 11) is 1.51. The highest BCUT2D eigenvalue weighted by atomic mass is 35.5. The highest BCUT2D eigenvalue weighted by Gasteiger charge is 2.35. The van der Waals surface area contributed by atoms with E-state index in [1.54, 1.807) is 47.4 Å². The van der Waals surface area contributed by atoms with Gasteiger partial charge in [-0.05, 0) is 56.3 Å². The number of nitrogens with one attached hydrogen (secondary N) is 2. The zero-order valence-corrected chi connectivity index (χ0v) is 17.8. The molecule has 0 spiro atoms. The lowest BCUT2D eigenvalue weighted by atomic mass is 10.1. The van der Waals surface area contributed by atoms with Crippen molar-refractivity contribution in [3.05, 3.63) is 53.1 Å². The molecule has 2 N–H and O–H groups in total. The summed E-state index contributed by atoms with van der Waals surface area (Å²) in [5.41, 5.74) is 1.44. The van der Waals surface area contributed by atoms with Crippen molar-refractivity contribution < 1.29 is 19.1 Å². The molecular formula is C22H24ClN3O4. The van der Waals surface area contributed by atoms with Gasteiger partial charge in [0.1, 0.15) is 5.75 Å². The van der Waals surface area contributed by atoms with Crippen LogP contribution in [-0.2, 0) is 9.59 Å². The van der Waals surface area contributed by atoms with Crippen molar-refractivity contribution in [3.8, 4) is 5.75 Å². The largest absolute Gasteiger partial charge is 0.495 e. The van der Waals surface area contributed by atoms with Gasteiger partial charge in [-0.2, -0.15) is 0 Å². The molecule has 0 aromatic heterocycles. The van der Waals surface area contributed by atoms with E-state index in [4.69, 9.17) is 16.3 Å². The van der Waals surface area contributed by atoms with E-state index in [1.165, 1.54) is 7.11 Å². The summed E-state index contributed by atoms with van der Waals surface area (Å²) in [4.78, 5) is 38.7. The number of hydrogen-bond donors (Lipinski definition) is 2. The third-order valence-electron chi connectivity index (χ3n) is 4.98. The Morgan fingerprint density at radius 3 is 2.43 bits per heavy atom. The van der Waals surface area contributed by atoms with Gasteiger partial charge in [-0.15, -0.1) is 0 Å². The lowest BCUT2D eigenvalue weighted by Gasteiger charge is -2.20. The third-order valence-corrected chi connectivity index (χ3v) is 5.21. The third kappa shape index (κ3) is 4.91. The molecule has 1 aliphatic heterocycles. The Hall–Kier alpha value is -3.06. The highest BCUT2D eigenvalue weighted by molar-refractivity contribution is 6.31. The van der Waals surface area contributed by atoms with Gasteiger partial charge >= 0.3 is 0 Å². The van der Waals surface area contributed by atoms with Gasteiger partial charge in [0.15, 0.2) is 0 Å². The minimum atomic E-state index is -0.377. The molecule has 2 aromatic carbocycles. The normalized spacial score (nSPS) is 16.0. The fourth-order valence-corrected chi connectivity index (χ4v) is 3.50. The average molecular weight is 430 g/mol. The van der Waals surface area contributed by atoms with Crippen molar-refractivity contribution >= 4 is 40.7 Å². The van der Waals surface area contributed by atoms with Crippen molar-refractivity contribution in [3.63, 3.8) is 0 Å². The van der Waals surface area contributed by atoms with E-state index < -0.39 is 0 Å². The summed E-state index contributed by atoms with van der Waals surface area (Å²) >= 11 is 5.99. The molecule has 0 bridgehead atoms. The Morgan fingerprint density at radius 2 is 1.83 bits per heavy atom. The molecule has 3 rings (SSSR count). The second-order valence-electron chi connectivity index (χ2n) is 7.41. The molecule has 1 saturated heterocycles. The maximum absolute atomic E-state index is 12.5. The summed E-state index contributed by atoms with van der Waals surface area (Å²) in [5, 5.41) is 6.06. The molecule has 1 unspecified atom stereocenters. The van der Waals surface area contributed by atoms with E-state index in [0.717, 1.165) is 0 Å². The summed E-state index contributed by atoms with van der Waals surface area (Å²) in [6.45, 7) is 4.28. The van der Waals surface area contributed by atoms with Crippen LogP contribution >= 0.6 is 11.6 Å². The molecule has 1 fully saturated rings. The Labute approximate surface area is 180 Å². The van der Waals surface area contributed by atoms with Crippen LogP contribution in [0.1, 0.15) is 30.6 Å². The zero-order chi connectivity index (χ0) is 21.8. The topological polar surface area (TPSA) is 87.7 Å². The first-order valence-electron chi connectivity index (χ1n) is 9.63. The van der Waals surface area contributed by atoms with Crippen LogP contribution in [-0.4, -0.2) is 42.3 Å². The summed E-state index contributed by atoms with van der Waals surface area (Å²) in [5.74, 6) is -0.417. The Morgan fingerprint density at radius 1 is 1.13 bits per heavy atom. The van der Waals surface area contributed by atoms with Gasteiger partial charge in [0.05, 0.1) is 18.7 Å². The molecule has 1 aliphatic rings. The lowest BCUT2D eigenvalue weighted by Crippen LogP contribution is -2.33. The molecule has 30 heavy (non-hydrogen) atoms. The lowest BCUT2D eigenvalue weighted by molar-refractivity contribution is -0.129. The number of anilines is 2. The minimum Gasteiger partial charge on any atom is -0.495 e. The molecule has 3 amide bonds. The number of carbonyl (C=O) groups excluding carboxylic acids is 3. The maximum atomic E-state index is 12.5. The molecule has 0 saturated carbocycles. The molecule has 1 heterocycles. The predicted octanol–water partition coefficient (Wildman–Crippen LogP) is 3.80. The van der Waals surface area contributed by atoms with Crippen molar-refractivity contribution in [2.24, 2.45) is 5.92 Å². The van der Waals surface area contributed by atoms with Crippen LogP contribution in [0.4, 0.5) is 11.4 Å². The van der Waals surface area contributed by atoms with Gasteiger partial charge in [-0.3, -0.25) is 14.4 Å². The predicted molar refractivity (Wildman–Crippen MR) is 116 cm³/mol. The monoisotopic (exact) mass is 429 g/mol. The van der Waals surface area contributed by atoms with E-state index in [9.17, 15) is 14.4 Å². The number of rotatable bonds is 6. The van der Waals surface area contributed by atoms with E-state index in [1.807, 2.05) is 13.8 Å². The van der Waals surface area contributed by atoms with Crippen molar-refractivity contribution in [2.45, 2.75) is 26.3 Å². The van der Waals surface area contributed by atoms with Crippen LogP contribution in [0.5, 0.6) is 5.75 Å². The number of likely N-dealkylation sites (tertiary alicyclic amines) is 1. The van der Waals surface area contributed by atoms with Crippen LogP contribution in [0.15, 0.2) is 42.5 Å². The van der Waals surface area contributed by atoms with Gasteiger partial charge in [0.25, 0.3) is 5.91 Å². The van der Waals surface area contributed by atoms with E-state index >= 15 is 0 Å². The quantitative estimate of drug-likeness (QED) is 0.731. The summed E-state index contributed by atoms with van der Waals surface area (Å²) in [6.07, 6.45) is 0.214. The molecule has 0 aliphatic carbocycles. The van der Waals surface area contributed by atoms with Crippen molar-refractivity contribution in [2.75, 3.05) is 24.3 Å². The minimum absolute atomic E-state index is 0.00591. The highest BCUT2D eigenvalue weighted by Crippen LogP contribution is 2.28. The molecule has 2 aromatic rings. The smallest absolute Gasteiger partial charge is 0.255 e. The molecule has 1 atom stereocenters. The van der Waals surface area contributed by atoms with Crippen LogP contribution in [0.25, 0.3) is 0 Å². The van der Waals surface area contributed by atoms with E-state index in [-0.39, 0.29) is 36.1 Å². The molecule has 0 radical (unpaired) electrons. The molecule has 7 nitrogen and oxygen atoms in total. The van der Waals surface area contributed by atoms with Crippen LogP contribution in [0.3, 0.4) is 0 Å². The summed E-state index contributed by atoms with van der Waals surface area (Å²) in [6, 6.07) is 11.6. The Kier molecular flexibility index (Phi) is 6.62. The fourth-order valence-electron chi connectivity index (χ4n) is 3.33. The van der Waals surface area contributed by atoms with Gasteiger partial charge in [-0.1, -0.05) is 11.6 Å². The number of halogens is 1. The number of ether oxygens (including phenoxy) is 1. The van der Waals surface area contributed by atoms with Gasteiger partial charge in [0, 0.05) is 35.3 Å². The number of amides is 3. The van der Waals surface area contributed by atoms with Crippen LogP contribution in [0.2, 0.25) is 5.02 Å². The Bertz CT molecular complexity index is 959. The first-order chi connectivity index (χ1) is 14.3. The number of methoxy groups -OCH3 is 1. The van der Waals surface area contributed by atoms with Crippen molar-refractivity contribution in [1.29, 1.82) is 0 Å². The van der Waals surface area contributed by atoms with Gasteiger partial charge in [-0.25, -0.2) is 0 Å². The van der Waals surface area contributed by atoms with E-state index in [2.05, 4.69) is 10.6 Å². The van der Waals surface area contributed by atoms with Crippen molar-refractivity contribution in [1.82, 2.24) is 4.90 Å². The zero-order valence-electron chi connectivity index (χ0n) is 17.1. The SMILES string of the molecule is COc1ccc(Cl)cc1NC(=O)c1ccc(NC(=O)C2CC(=O)N(C(C)C)C2)cc1. The van der Waals surface area contributed by atoms with Crippen LogP contribution in [0, 0.1) is 5.92 Å². The first kappa shape index (κ1) is 21.6. The standard InChI is InChI=1S/C22H24ClN3O4/c1-13(2)26-12-15(10-20(26)27)22(29)24-17-7-4-14(5-8-17)21(28)25-18-11-16(23)6-9-19(18)30-3/h4-9,11,13,15H,10,12H2,1-3H3,(H,24,29)(H,25,28). The molecule has 8 heteroatoms. The number of hydrogen-bond acceptors (Lipinski definition) is 4. The molecule has 158 valence electrons. The van der Waals surface area contributed by atoms with Gasteiger partial charge in [0.2, 0.25) is 11.8 Å². The van der Waals surface area contributed by atoms with Gasteiger partial charge < -0.3 is 20.3 Å². The Balaban J connectivity index is 1.62.